The van der Waals surface area contributed by atoms with E-state index in [2.05, 4.69) is 10.3 Å². The second-order valence-electron chi connectivity index (χ2n) is 3.51. The SMILES string of the molecule is CC[C@H](CO)Nc1nccc(C)c1[N+](=O)[O-]. The number of hydrogen-bond donors (Lipinski definition) is 2. The Morgan fingerprint density at radius 1 is 1.69 bits per heavy atom. The molecule has 0 bridgehead atoms. The molecule has 2 N–H and O–H groups in total. The van der Waals surface area contributed by atoms with Gasteiger partial charge < -0.3 is 10.4 Å². The number of nitrogens with one attached hydrogen (secondary N) is 1. The molecule has 1 heterocycles. The Morgan fingerprint density at radius 3 is 2.88 bits per heavy atom. The number of aromatic nitrogens is 1. The van der Waals surface area contributed by atoms with Gasteiger partial charge in [-0.1, -0.05) is 6.92 Å². The van der Waals surface area contributed by atoms with E-state index in [1.165, 1.54) is 6.20 Å². The van der Waals surface area contributed by atoms with E-state index in [4.69, 9.17) is 5.11 Å². The highest BCUT2D eigenvalue weighted by atomic mass is 16.6. The Hall–Kier alpha value is -1.69. The van der Waals surface area contributed by atoms with Crippen LogP contribution in [-0.4, -0.2) is 27.7 Å². The molecular weight excluding hydrogens is 210 g/mol. The van der Waals surface area contributed by atoms with Crippen LogP contribution in [0.2, 0.25) is 0 Å². The summed E-state index contributed by atoms with van der Waals surface area (Å²) in [7, 11) is 0. The van der Waals surface area contributed by atoms with Crippen LogP contribution in [0.25, 0.3) is 0 Å². The van der Waals surface area contributed by atoms with Gasteiger partial charge in [-0.3, -0.25) is 10.1 Å². The van der Waals surface area contributed by atoms with Gasteiger partial charge in [0, 0.05) is 11.8 Å². The highest BCUT2D eigenvalue weighted by Crippen LogP contribution is 2.26. The monoisotopic (exact) mass is 225 g/mol. The minimum absolute atomic E-state index is 0.0330. The maximum atomic E-state index is 10.9. The highest BCUT2D eigenvalue weighted by molar-refractivity contribution is 5.60. The summed E-state index contributed by atoms with van der Waals surface area (Å²) in [4.78, 5) is 14.3. The smallest absolute Gasteiger partial charge is 0.314 e. The topological polar surface area (TPSA) is 88.3 Å². The van der Waals surface area contributed by atoms with Crippen LogP contribution in [-0.2, 0) is 0 Å². The van der Waals surface area contributed by atoms with Crippen LogP contribution in [0, 0.1) is 17.0 Å². The normalized spacial score (nSPS) is 12.2. The Bertz CT molecular complexity index is 378. The third-order valence-electron chi connectivity index (χ3n) is 2.36. The fourth-order valence-electron chi connectivity index (χ4n) is 1.36. The number of anilines is 1. The summed E-state index contributed by atoms with van der Waals surface area (Å²) in [5.41, 5.74) is 0.518. The zero-order valence-corrected chi connectivity index (χ0v) is 9.30. The third kappa shape index (κ3) is 2.66. The van der Waals surface area contributed by atoms with Crippen LogP contribution in [0.4, 0.5) is 11.5 Å². The lowest BCUT2D eigenvalue weighted by atomic mass is 10.2. The fourth-order valence-corrected chi connectivity index (χ4v) is 1.36. The summed E-state index contributed by atoms with van der Waals surface area (Å²) in [5.74, 6) is 0.214. The molecule has 0 aliphatic rings. The first kappa shape index (κ1) is 12.4. The van der Waals surface area contributed by atoms with Gasteiger partial charge in [0.2, 0.25) is 5.82 Å². The molecule has 6 nitrogen and oxygen atoms in total. The number of pyridine rings is 1. The van der Waals surface area contributed by atoms with Crippen LogP contribution in [0.5, 0.6) is 0 Å². The number of hydrogen-bond acceptors (Lipinski definition) is 5. The van der Waals surface area contributed by atoms with Gasteiger partial charge in [0.1, 0.15) is 0 Å². The predicted molar refractivity (Wildman–Crippen MR) is 60.4 cm³/mol. The second kappa shape index (κ2) is 5.41. The van der Waals surface area contributed by atoms with E-state index >= 15 is 0 Å². The standard InChI is InChI=1S/C10H15N3O3/c1-3-8(6-14)12-10-9(13(15)16)7(2)4-5-11-10/h4-5,8,14H,3,6H2,1-2H3,(H,11,12)/t8-/m1/s1. The average molecular weight is 225 g/mol. The summed E-state index contributed by atoms with van der Waals surface area (Å²) in [5, 5.41) is 22.8. The first-order valence-corrected chi connectivity index (χ1v) is 5.07. The largest absolute Gasteiger partial charge is 0.394 e. The van der Waals surface area contributed by atoms with Crippen molar-refractivity contribution in [2.45, 2.75) is 26.3 Å². The molecule has 6 heteroatoms. The lowest BCUT2D eigenvalue weighted by molar-refractivity contribution is -0.384. The average Bonchev–Trinajstić information content (AvgIpc) is 2.25. The fraction of sp³-hybridized carbons (Fsp3) is 0.500. The molecule has 0 radical (unpaired) electrons. The molecule has 0 fully saturated rings. The van der Waals surface area contributed by atoms with Gasteiger partial charge >= 0.3 is 5.69 Å². The Kier molecular flexibility index (Phi) is 4.19. The van der Waals surface area contributed by atoms with Crippen LogP contribution in [0.15, 0.2) is 12.3 Å². The van der Waals surface area contributed by atoms with E-state index in [9.17, 15) is 10.1 Å². The number of aryl methyl sites for hydroxylation is 1. The Balaban J connectivity index is 3.03. The first-order valence-electron chi connectivity index (χ1n) is 5.07. The van der Waals surface area contributed by atoms with Gasteiger partial charge in [-0.15, -0.1) is 0 Å². The molecule has 1 rings (SSSR count). The molecule has 0 saturated heterocycles. The van der Waals surface area contributed by atoms with Gasteiger partial charge in [0.25, 0.3) is 0 Å². The predicted octanol–water partition coefficient (Wildman–Crippen LogP) is 1.48. The zero-order valence-electron chi connectivity index (χ0n) is 9.30. The molecular formula is C10H15N3O3. The van der Waals surface area contributed by atoms with Gasteiger partial charge in [0.15, 0.2) is 0 Å². The summed E-state index contributed by atoms with van der Waals surface area (Å²) < 4.78 is 0. The number of aliphatic hydroxyl groups excluding tert-OH is 1. The molecule has 1 atom stereocenters. The molecule has 0 aliphatic heterocycles. The van der Waals surface area contributed by atoms with Crippen LogP contribution in [0.3, 0.4) is 0 Å². The lowest BCUT2D eigenvalue weighted by Crippen LogP contribution is -2.23. The van der Waals surface area contributed by atoms with Crippen molar-refractivity contribution in [1.29, 1.82) is 0 Å². The van der Waals surface area contributed by atoms with E-state index in [1.54, 1.807) is 13.0 Å². The Labute approximate surface area is 93.5 Å². The van der Waals surface area contributed by atoms with Gasteiger partial charge in [-0.05, 0) is 19.4 Å². The molecule has 1 aromatic heterocycles. The number of nitrogens with zero attached hydrogens (tertiary/aromatic N) is 2. The van der Waals surface area contributed by atoms with E-state index in [-0.39, 0.29) is 24.2 Å². The van der Waals surface area contributed by atoms with Crippen LogP contribution >= 0.6 is 0 Å². The van der Waals surface area contributed by atoms with Crippen molar-refractivity contribution >= 4 is 11.5 Å². The molecule has 0 saturated carbocycles. The van der Waals surface area contributed by atoms with Crippen molar-refractivity contribution in [2.75, 3.05) is 11.9 Å². The molecule has 88 valence electrons. The van der Waals surface area contributed by atoms with Crippen molar-refractivity contribution in [3.63, 3.8) is 0 Å². The molecule has 0 unspecified atom stereocenters. The van der Waals surface area contributed by atoms with Gasteiger partial charge in [-0.25, -0.2) is 4.98 Å². The molecule has 0 spiro atoms. The third-order valence-corrected chi connectivity index (χ3v) is 2.36. The summed E-state index contributed by atoms with van der Waals surface area (Å²) in [6.45, 7) is 3.46. The van der Waals surface area contributed by atoms with Gasteiger partial charge in [0.05, 0.1) is 17.6 Å². The van der Waals surface area contributed by atoms with E-state index in [1.807, 2.05) is 6.92 Å². The maximum absolute atomic E-state index is 10.9. The van der Waals surface area contributed by atoms with Crippen molar-refractivity contribution < 1.29 is 10.0 Å². The lowest BCUT2D eigenvalue weighted by Gasteiger charge is -2.14. The quantitative estimate of drug-likeness (QED) is 0.585. The van der Waals surface area contributed by atoms with Gasteiger partial charge in [-0.2, -0.15) is 0 Å². The molecule has 0 aromatic carbocycles. The van der Waals surface area contributed by atoms with E-state index < -0.39 is 4.92 Å². The van der Waals surface area contributed by atoms with Crippen molar-refractivity contribution in [2.24, 2.45) is 0 Å². The van der Waals surface area contributed by atoms with Crippen molar-refractivity contribution in [3.8, 4) is 0 Å². The van der Waals surface area contributed by atoms with E-state index in [0.717, 1.165) is 0 Å². The maximum Gasteiger partial charge on any atom is 0.314 e. The minimum Gasteiger partial charge on any atom is -0.394 e. The second-order valence-corrected chi connectivity index (χ2v) is 3.51. The van der Waals surface area contributed by atoms with Crippen LogP contribution in [0.1, 0.15) is 18.9 Å². The number of nitro groups is 1. The minimum atomic E-state index is -0.464. The molecule has 16 heavy (non-hydrogen) atoms. The summed E-state index contributed by atoms with van der Waals surface area (Å²) in [6, 6.07) is 1.37. The molecule has 1 aromatic rings. The summed E-state index contributed by atoms with van der Waals surface area (Å²) in [6.07, 6.45) is 2.18. The number of aliphatic hydroxyl groups is 1. The zero-order chi connectivity index (χ0) is 12.1. The molecule has 0 amide bonds. The summed E-state index contributed by atoms with van der Waals surface area (Å²) >= 11 is 0. The van der Waals surface area contributed by atoms with Crippen LogP contribution < -0.4 is 5.32 Å². The number of rotatable bonds is 5. The Morgan fingerprint density at radius 2 is 2.38 bits per heavy atom. The van der Waals surface area contributed by atoms with E-state index in [0.29, 0.717) is 12.0 Å². The van der Waals surface area contributed by atoms with Crippen molar-refractivity contribution in [1.82, 2.24) is 4.98 Å². The first-order chi connectivity index (χ1) is 7.60. The van der Waals surface area contributed by atoms with Crippen molar-refractivity contribution in [3.05, 3.63) is 27.9 Å². The highest BCUT2D eigenvalue weighted by Gasteiger charge is 2.20. The molecule has 0 aliphatic carbocycles.